The molecule has 0 radical (unpaired) electrons. The largest absolute Gasteiger partial charge is 0.480 e. The zero-order chi connectivity index (χ0) is 16.0. The summed E-state index contributed by atoms with van der Waals surface area (Å²) in [7, 11) is 0. The fraction of sp³-hybridized carbons (Fsp3) is 0.385. The lowest BCUT2D eigenvalue weighted by Gasteiger charge is -2.14. The van der Waals surface area contributed by atoms with Gasteiger partial charge in [-0.3, -0.25) is 14.9 Å². The zero-order valence-corrected chi connectivity index (χ0v) is 12.9. The lowest BCUT2D eigenvalue weighted by Crippen LogP contribution is -2.40. The summed E-state index contributed by atoms with van der Waals surface area (Å²) in [4.78, 5) is 33.3. The number of unbranched alkanes of at least 4 members (excludes halogenated alkanes) is 1. The van der Waals surface area contributed by atoms with E-state index in [-0.39, 0.29) is 15.7 Å². The number of halogens is 1. The van der Waals surface area contributed by atoms with Crippen molar-refractivity contribution in [2.75, 3.05) is 0 Å². The molecule has 114 valence electrons. The Morgan fingerprint density at radius 1 is 1.48 bits per heavy atom. The van der Waals surface area contributed by atoms with Gasteiger partial charge in [-0.05, 0) is 34.5 Å². The Bertz CT molecular complexity index is 561. The van der Waals surface area contributed by atoms with E-state index < -0.39 is 22.8 Å². The Labute approximate surface area is 129 Å². The van der Waals surface area contributed by atoms with Crippen molar-refractivity contribution < 1.29 is 19.6 Å². The molecule has 0 spiro atoms. The summed E-state index contributed by atoms with van der Waals surface area (Å²) in [5.74, 6) is -1.77. The number of nitro groups is 1. The van der Waals surface area contributed by atoms with Crippen molar-refractivity contribution in [2.24, 2.45) is 0 Å². The van der Waals surface area contributed by atoms with E-state index in [0.29, 0.717) is 12.8 Å². The van der Waals surface area contributed by atoms with Gasteiger partial charge in [0.25, 0.3) is 11.6 Å². The summed E-state index contributed by atoms with van der Waals surface area (Å²) in [6.45, 7) is 1.92. The second kappa shape index (κ2) is 7.72. The normalized spacial score (nSPS) is 11.7. The van der Waals surface area contributed by atoms with Gasteiger partial charge >= 0.3 is 5.97 Å². The molecule has 0 bridgehead atoms. The quantitative estimate of drug-likeness (QED) is 0.575. The number of benzene rings is 1. The average molecular weight is 359 g/mol. The Kier molecular flexibility index (Phi) is 6.29. The van der Waals surface area contributed by atoms with Gasteiger partial charge < -0.3 is 10.4 Å². The lowest BCUT2D eigenvalue weighted by molar-refractivity contribution is -0.385. The molecule has 0 fully saturated rings. The maximum atomic E-state index is 12.0. The Hall–Kier alpha value is -1.96. The first-order chi connectivity index (χ1) is 9.86. The fourth-order valence-corrected chi connectivity index (χ4v) is 2.09. The van der Waals surface area contributed by atoms with Crippen molar-refractivity contribution >= 4 is 33.5 Å². The zero-order valence-electron chi connectivity index (χ0n) is 11.3. The van der Waals surface area contributed by atoms with E-state index in [1.807, 2.05) is 6.92 Å². The molecule has 2 N–H and O–H groups in total. The predicted molar refractivity (Wildman–Crippen MR) is 79.2 cm³/mol. The molecule has 1 atom stereocenters. The number of carboxylic acids is 1. The summed E-state index contributed by atoms with van der Waals surface area (Å²) in [6, 6.07) is 2.89. The van der Waals surface area contributed by atoms with Crippen molar-refractivity contribution in [3.05, 3.63) is 38.3 Å². The van der Waals surface area contributed by atoms with Gasteiger partial charge in [0, 0.05) is 11.6 Å². The smallest absolute Gasteiger partial charge is 0.326 e. The number of carboxylic acid groups (broad SMARTS) is 1. The van der Waals surface area contributed by atoms with Crippen molar-refractivity contribution in [2.45, 2.75) is 32.2 Å². The summed E-state index contributed by atoms with van der Waals surface area (Å²) < 4.78 is 0.254. The van der Waals surface area contributed by atoms with Gasteiger partial charge in [-0.25, -0.2) is 4.79 Å². The molecular weight excluding hydrogens is 344 g/mol. The molecule has 8 heteroatoms. The van der Waals surface area contributed by atoms with E-state index in [1.165, 1.54) is 12.1 Å². The maximum Gasteiger partial charge on any atom is 0.326 e. The number of carbonyl (C=O) groups excluding carboxylic acids is 1. The fourth-order valence-electron chi connectivity index (χ4n) is 1.70. The van der Waals surface area contributed by atoms with E-state index in [0.717, 1.165) is 12.5 Å². The number of carbonyl (C=O) groups is 2. The topological polar surface area (TPSA) is 110 Å². The van der Waals surface area contributed by atoms with E-state index in [9.17, 15) is 19.7 Å². The maximum absolute atomic E-state index is 12.0. The molecule has 0 saturated heterocycles. The molecule has 1 aromatic carbocycles. The number of nitrogens with zero attached hydrogens (tertiary/aromatic N) is 1. The molecule has 0 unspecified atom stereocenters. The van der Waals surface area contributed by atoms with Crippen LogP contribution in [0.25, 0.3) is 0 Å². The number of nitro benzene ring substituents is 1. The van der Waals surface area contributed by atoms with Gasteiger partial charge in [-0.1, -0.05) is 19.8 Å². The number of amides is 1. The summed E-state index contributed by atoms with van der Waals surface area (Å²) >= 11 is 3.02. The molecule has 1 rings (SSSR count). The van der Waals surface area contributed by atoms with Crippen LogP contribution in [-0.2, 0) is 4.79 Å². The summed E-state index contributed by atoms with van der Waals surface area (Å²) in [6.07, 6.45) is 1.79. The number of aliphatic carboxylic acids is 1. The number of rotatable bonds is 7. The molecule has 0 aliphatic rings. The second-order valence-corrected chi connectivity index (χ2v) is 5.28. The van der Waals surface area contributed by atoms with Crippen molar-refractivity contribution in [1.82, 2.24) is 5.32 Å². The molecule has 0 saturated carbocycles. The standard InChI is InChI=1S/C13H15BrN2O5/c1-2-3-4-10(13(18)19)15-12(17)8-5-6-9(14)11(7-8)16(20)21/h5-7,10H,2-4H2,1H3,(H,15,17)(H,18,19)/t10-/m0/s1. The molecule has 0 aliphatic carbocycles. The predicted octanol–water partition coefficient (Wildman–Crippen LogP) is 2.73. The van der Waals surface area contributed by atoms with Crippen molar-refractivity contribution in [3.63, 3.8) is 0 Å². The SMILES string of the molecule is CCCC[C@H](NC(=O)c1ccc(Br)c([N+](=O)[O-])c1)C(=O)O. The first-order valence-corrected chi connectivity index (χ1v) is 7.13. The van der Waals surface area contributed by atoms with Crippen LogP contribution in [0.15, 0.2) is 22.7 Å². The third-order valence-corrected chi connectivity index (χ3v) is 3.53. The molecule has 21 heavy (non-hydrogen) atoms. The van der Waals surface area contributed by atoms with Crippen LogP contribution in [0.5, 0.6) is 0 Å². The lowest BCUT2D eigenvalue weighted by atomic mass is 10.1. The van der Waals surface area contributed by atoms with Crippen LogP contribution < -0.4 is 5.32 Å². The van der Waals surface area contributed by atoms with Gasteiger partial charge in [-0.15, -0.1) is 0 Å². The Balaban J connectivity index is 2.90. The highest BCUT2D eigenvalue weighted by molar-refractivity contribution is 9.10. The van der Waals surface area contributed by atoms with Gasteiger partial charge in [0.15, 0.2) is 0 Å². The van der Waals surface area contributed by atoms with E-state index in [1.54, 1.807) is 0 Å². The molecule has 0 aromatic heterocycles. The van der Waals surface area contributed by atoms with Crippen molar-refractivity contribution in [3.8, 4) is 0 Å². The minimum absolute atomic E-state index is 0.0487. The van der Waals surface area contributed by atoms with Gasteiger partial charge in [0.2, 0.25) is 0 Å². The van der Waals surface area contributed by atoms with Gasteiger partial charge in [0.05, 0.1) is 9.40 Å². The number of hydrogen-bond acceptors (Lipinski definition) is 4. The average Bonchev–Trinajstić information content (AvgIpc) is 2.42. The highest BCUT2D eigenvalue weighted by Gasteiger charge is 2.22. The monoisotopic (exact) mass is 358 g/mol. The van der Waals surface area contributed by atoms with Gasteiger partial charge in [-0.2, -0.15) is 0 Å². The summed E-state index contributed by atoms with van der Waals surface area (Å²) in [5.41, 5.74) is -0.198. The van der Waals surface area contributed by atoms with Crippen LogP contribution in [0.3, 0.4) is 0 Å². The number of nitrogens with one attached hydrogen (secondary N) is 1. The van der Waals surface area contributed by atoms with E-state index in [4.69, 9.17) is 5.11 Å². The highest BCUT2D eigenvalue weighted by atomic mass is 79.9. The third-order valence-electron chi connectivity index (χ3n) is 2.85. The van der Waals surface area contributed by atoms with E-state index >= 15 is 0 Å². The molecule has 0 aliphatic heterocycles. The van der Waals surface area contributed by atoms with Crippen LogP contribution in [-0.4, -0.2) is 27.9 Å². The van der Waals surface area contributed by atoms with Crippen LogP contribution >= 0.6 is 15.9 Å². The van der Waals surface area contributed by atoms with Crippen LogP contribution in [0.2, 0.25) is 0 Å². The molecule has 0 heterocycles. The van der Waals surface area contributed by atoms with Crippen molar-refractivity contribution in [1.29, 1.82) is 0 Å². The minimum Gasteiger partial charge on any atom is -0.480 e. The Morgan fingerprint density at radius 2 is 2.14 bits per heavy atom. The highest BCUT2D eigenvalue weighted by Crippen LogP contribution is 2.25. The van der Waals surface area contributed by atoms with Gasteiger partial charge in [0.1, 0.15) is 6.04 Å². The molecule has 1 amide bonds. The Morgan fingerprint density at radius 3 is 2.67 bits per heavy atom. The first-order valence-electron chi connectivity index (χ1n) is 6.34. The minimum atomic E-state index is -1.12. The second-order valence-electron chi connectivity index (χ2n) is 4.43. The van der Waals surface area contributed by atoms with Crippen LogP contribution in [0.4, 0.5) is 5.69 Å². The molecular formula is C13H15BrN2O5. The third kappa shape index (κ3) is 4.82. The first kappa shape index (κ1) is 17.1. The molecule has 7 nitrogen and oxygen atoms in total. The van der Waals surface area contributed by atoms with Crippen LogP contribution in [0, 0.1) is 10.1 Å². The molecule has 1 aromatic rings. The van der Waals surface area contributed by atoms with Crippen LogP contribution in [0.1, 0.15) is 36.5 Å². The number of hydrogen-bond donors (Lipinski definition) is 2. The summed E-state index contributed by atoms with van der Waals surface area (Å²) in [5, 5.41) is 22.2. The van der Waals surface area contributed by atoms with E-state index in [2.05, 4.69) is 21.2 Å².